The second kappa shape index (κ2) is 7.00. The summed E-state index contributed by atoms with van der Waals surface area (Å²) in [6.07, 6.45) is 8.22. The Hall–Kier alpha value is -1.52. The summed E-state index contributed by atoms with van der Waals surface area (Å²) in [5.41, 5.74) is 1.59. The summed E-state index contributed by atoms with van der Waals surface area (Å²) in [5, 5.41) is 4.47. The summed E-state index contributed by atoms with van der Waals surface area (Å²) < 4.78 is 0. The molecule has 0 spiro atoms. The number of halogens is 1. The number of guanidine groups is 1. The molecule has 0 radical (unpaired) electrons. The van der Waals surface area contributed by atoms with Crippen LogP contribution in [-0.2, 0) is 5.41 Å². The van der Waals surface area contributed by atoms with Crippen LogP contribution in [0.5, 0.6) is 0 Å². The molecule has 5 heteroatoms. The zero-order valence-electron chi connectivity index (χ0n) is 14.9. The van der Waals surface area contributed by atoms with Crippen molar-refractivity contribution in [3.8, 4) is 0 Å². The summed E-state index contributed by atoms with van der Waals surface area (Å²) in [6.45, 7) is 5.30. The van der Waals surface area contributed by atoms with Crippen LogP contribution in [-0.4, -0.2) is 61.6 Å². The molecule has 4 nitrogen and oxygen atoms in total. The van der Waals surface area contributed by atoms with Crippen molar-refractivity contribution in [3.05, 3.63) is 47.0 Å². The van der Waals surface area contributed by atoms with Crippen molar-refractivity contribution in [1.82, 2.24) is 15.1 Å². The molecule has 4 rings (SSSR count). The van der Waals surface area contributed by atoms with Gasteiger partial charge in [-0.05, 0) is 37.0 Å². The highest BCUT2D eigenvalue weighted by atomic mass is 35.5. The maximum atomic E-state index is 6.19. The van der Waals surface area contributed by atoms with Crippen LogP contribution in [0.3, 0.4) is 0 Å². The first-order valence-electron chi connectivity index (χ1n) is 9.31. The van der Waals surface area contributed by atoms with E-state index in [1.807, 2.05) is 13.1 Å². The Kier molecular flexibility index (Phi) is 4.74. The van der Waals surface area contributed by atoms with Gasteiger partial charge in [-0.1, -0.05) is 35.9 Å². The molecule has 1 aliphatic carbocycles. The topological polar surface area (TPSA) is 30.9 Å². The number of likely N-dealkylation sites (tertiary alicyclic amines) is 1. The van der Waals surface area contributed by atoms with Gasteiger partial charge in [0.15, 0.2) is 5.96 Å². The maximum Gasteiger partial charge on any atom is 0.193 e. The van der Waals surface area contributed by atoms with Crippen LogP contribution in [0.25, 0.3) is 0 Å². The summed E-state index contributed by atoms with van der Waals surface area (Å²) in [4.78, 5) is 9.52. The van der Waals surface area contributed by atoms with Crippen molar-refractivity contribution >= 4 is 17.6 Å². The molecule has 3 aliphatic rings. The first-order valence-corrected chi connectivity index (χ1v) is 9.69. The number of hydrogen-bond donors (Lipinski definition) is 1. The molecule has 2 fully saturated rings. The van der Waals surface area contributed by atoms with Crippen molar-refractivity contribution in [2.24, 2.45) is 4.99 Å². The predicted octanol–water partition coefficient (Wildman–Crippen LogP) is 2.89. The van der Waals surface area contributed by atoms with Crippen LogP contribution < -0.4 is 5.32 Å². The number of hydrogen-bond acceptors (Lipinski definition) is 2. The fourth-order valence-electron chi connectivity index (χ4n) is 4.14. The number of aliphatic imine (C=N–C) groups is 1. The van der Waals surface area contributed by atoms with E-state index in [-0.39, 0.29) is 5.41 Å². The molecule has 0 bridgehead atoms. The summed E-state index contributed by atoms with van der Waals surface area (Å²) in [6, 6.07) is 8.98. The van der Waals surface area contributed by atoms with E-state index in [1.54, 1.807) is 0 Å². The lowest BCUT2D eigenvalue weighted by Gasteiger charge is -2.27. The third-order valence-electron chi connectivity index (χ3n) is 5.91. The molecular weight excluding hydrogens is 332 g/mol. The lowest BCUT2D eigenvalue weighted by molar-refractivity contribution is 0.259. The number of benzene rings is 1. The first-order chi connectivity index (χ1) is 12.2. The molecule has 2 aliphatic heterocycles. The van der Waals surface area contributed by atoms with E-state index in [0.717, 1.165) is 43.7 Å². The number of nitrogens with zero attached hydrogens (tertiary/aromatic N) is 3. The standard InChI is InChI=1S/C20H27ClN4/c1-22-19(25-12-7-18(14-25)24-10-2-3-11-24)23-15-20(8-9-20)16-5-4-6-17(21)13-16/h2-6,13,18H,7-12,14-15H2,1H3,(H,22,23). The molecule has 1 atom stereocenters. The molecule has 134 valence electrons. The molecule has 1 saturated heterocycles. The van der Waals surface area contributed by atoms with Crippen LogP contribution >= 0.6 is 11.6 Å². The Morgan fingerprint density at radius 3 is 2.80 bits per heavy atom. The average Bonchev–Trinajstić information content (AvgIpc) is 3.02. The predicted molar refractivity (Wildman–Crippen MR) is 104 cm³/mol. The van der Waals surface area contributed by atoms with Gasteiger partial charge in [0.2, 0.25) is 0 Å². The van der Waals surface area contributed by atoms with E-state index in [9.17, 15) is 0 Å². The van der Waals surface area contributed by atoms with E-state index in [2.05, 4.69) is 50.5 Å². The Labute approximate surface area is 155 Å². The third kappa shape index (κ3) is 3.56. The molecule has 1 unspecified atom stereocenters. The number of rotatable bonds is 4. The van der Waals surface area contributed by atoms with Crippen molar-refractivity contribution < 1.29 is 0 Å². The van der Waals surface area contributed by atoms with Gasteiger partial charge in [0.25, 0.3) is 0 Å². The highest BCUT2D eigenvalue weighted by molar-refractivity contribution is 6.30. The monoisotopic (exact) mass is 358 g/mol. The Morgan fingerprint density at radius 2 is 2.12 bits per heavy atom. The van der Waals surface area contributed by atoms with Gasteiger partial charge in [0.05, 0.1) is 0 Å². The molecule has 1 aromatic carbocycles. The highest BCUT2D eigenvalue weighted by Crippen LogP contribution is 2.48. The molecule has 0 amide bonds. The van der Waals surface area contributed by atoms with Crippen LogP contribution in [0.2, 0.25) is 5.02 Å². The SMILES string of the molecule is CN=C(NCC1(c2cccc(Cl)c2)CC1)N1CCC(N2CC=CC2)C1. The zero-order chi connectivity index (χ0) is 17.3. The summed E-state index contributed by atoms with van der Waals surface area (Å²) in [5.74, 6) is 1.04. The van der Waals surface area contributed by atoms with Gasteiger partial charge in [0.1, 0.15) is 0 Å². The fraction of sp³-hybridized carbons (Fsp3) is 0.550. The molecular formula is C20H27ClN4. The van der Waals surface area contributed by atoms with Gasteiger partial charge >= 0.3 is 0 Å². The van der Waals surface area contributed by atoms with Gasteiger partial charge < -0.3 is 10.2 Å². The van der Waals surface area contributed by atoms with E-state index in [1.165, 1.54) is 24.8 Å². The van der Waals surface area contributed by atoms with Gasteiger partial charge in [0, 0.05) is 56.3 Å². The van der Waals surface area contributed by atoms with Gasteiger partial charge in [-0.15, -0.1) is 0 Å². The second-order valence-corrected chi connectivity index (χ2v) is 7.94. The van der Waals surface area contributed by atoms with E-state index < -0.39 is 0 Å². The van der Waals surface area contributed by atoms with Gasteiger partial charge in [-0.2, -0.15) is 0 Å². The Bertz CT molecular complexity index is 672. The number of nitrogens with one attached hydrogen (secondary N) is 1. The molecule has 0 aromatic heterocycles. The largest absolute Gasteiger partial charge is 0.355 e. The third-order valence-corrected chi connectivity index (χ3v) is 6.15. The Balaban J connectivity index is 1.35. The van der Waals surface area contributed by atoms with Crippen molar-refractivity contribution in [1.29, 1.82) is 0 Å². The minimum absolute atomic E-state index is 0.235. The average molecular weight is 359 g/mol. The molecule has 1 aromatic rings. The van der Waals surface area contributed by atoms with E-state index in [4.69, 9.17) is 11.6 Å². The van der Waals surface area contributed by atoms with Crippen LogP contribution in [0, 0.1) is 0 Å². The second-order valence-electron chi connectivity index (χ2n) is 7.51. The first kappa shape index (κ1) is 16.9. The summed E-state index contributed by atoms with van der Waals surface area (Å²) >= 11 is 6.19. The lowest BCUT2D eigenvalue weighted by atomic mass is 9.96. The van der Waals surface area contributed by atoms with Crippen LogP contribution in [0.15, 0.2) is 41.4 Å². The smallest absolute Gasteiger partial charge is 0.193 e. The molecule has 1 N–H and O–H groups in total. The van der Waals surface area contributed by atoms with E-state index in [0.29, 0.717) is 6.04 Å². The van der Waals surface area contributed by atoms with Crippen LogP contribution in [0.4, 0.5) is 0 Å². The summed E-state index contributed by atoms with van der Waals surface area (Å²) in [7, 11) is 1.89. The molecule has 2 heterocycles. The fourth-order valence-corrected chi connectivity index (χ4v) is 4.33. The maximum absolute atomic E-state index is 6.19. The minimum Gasteiger partial charge on any atom is -0.355 e. The molecule has 25 heavy (non-hydrogen) atoms. The van der Waals surface area contributed by atoms with Crippen molar-refractivity contribution in [3.63, 3.8) is 0 Å². The zero-order valence-corrected chi connectivity index (χ0v) is 15.7. The van der Waals surface area contributed by atoms with Gasteiger partial charge in [-0.3, -0.25) is 9.89 Å². The quantitative estimate of drug-likeness (QED) is 0.510. The normalized spacial score (nSPS) is 25.6. The van der Waals surface area contributed by atoms with Crippen molar-refractivity contribution in [2.45, 2.75) is 30.7 Å². The lowest BCUT2D eigenvalue weighted by Crippen LogP contribution is -2.45. The van der Waals surface area contributed by atoms with E-state index >= 15 is 0 Å². The highest BCUT2D eigenvalue weighted by Gasteiger charge is 2.44. The minimum atomic E-state index is 0.235. The van der Waals surface area contributed by atoms with Crippen molar-refractivity contribution in [2.75, 3.05) is 39.8 Å². The molecule has 1 saturated carbocycles. The van der Waals surface area contributed by atoms with Gasteiger partial charge in [-0.25, -0.2) is 0 Å². The van der Waals surface area contributed by atoms with Crippen LogP contribution in [0.1, 0.15) is 24.8 Å². The Morgan fingerprint density at radius 1 is 1.32 bits per heavy atom.